The van der Waals surface area contributed by atoms with Gasteiger partial charge in [-0.25, -0.2) is 9.97 Å². The first kappa shape index (κ1) is 23.3. The predicted molar refractivity (Wildman–Crippen MR) is 142 cm³/mol. The molecule has 1 fully saturated rings. The second kappa shape index (κ2) is 10.5. The average molecular weight is 535 g/mol. The van der Waals surface area contributed by atoms with Crippen molar-refractivity contribution in [2.45, 2.75) is 25.3 Å². The molecule has 8 nitrogen and oxygen atoms in total. The predicted octanol–water partition coefficient (Wildman–Crippen LogP) is 5.37. The molecule has 1 aliphatic heterocycles. The van der Waals surface area contributed by atoms with Gasteiger partial charge in [-0.15, -0.1) is 0 Å². The Balaban J connectivity index is 1.30. The van der Waals surface area contributed by atoms with E-state index in [-0.39, 0.29) is 0 Å². The molecule has 0 radical (unpaired) electrons. The molecule has 1 aliphatic rings. The minimum Gasteiger partial charge on any atom is -0.457 e. The van der Waals surface area contributed by atoms with Crippen molar-refractivity contribution in [1.82, 2.24) is 19.9 Å². The number of imidazole rings is 1. The minimum absolute atomic E-state index is 0.463. The van der Waals surface area contributed by atoms with Crippen molar-refractivity contribution in [3.8, 4) is 11.5 Å². The van der Waals surface area contributed by atoms with Gasteiger partial charge in [-0.1, -0.05) is 15.9 Å². The summed E-state index contributed by atoms with van der Waals surface area (Å²) in [5, 5.41) is 6.82. The number of carbonyl (C=O) groups is 1. The summed E-state index contributed by atoms with van der Waals surface area (Å²) in [6.07, 6.45) is 5.74. The molecule has 1 saturated heterocycles. The van der Waals surface area contributed by atoms with Gasteiger partial charge in [0.1, 0.15) is 17.3 Å². The number of hydrogen-bond donors (Lipinski definition) is 2. The molecule has 0 bridgehead atoms. The van der Waals surface area contributed by atoms with E-state index in [9.17, 15) is 4.79 Å². The van der Waals surface area contributed by atoms with E-state index in [0.717, 1.165) is 52.9 Å². The molecule has 5 rings (SSSR count). The monoisotopic (exact) mass is 534 g/mol. The fourth-order valence-corrected chi connectivity index (χ4v) is 4.56. The molecule has 1 amide bonds. The van der Waals surface area contributed by atoms with Crippen LogP contribution >= 0.6 is 15.9 Å². The lowest BCUT2D eigenvalue weighted by molar-refractivity contribution is -0.107. The van der Waals surface area contributed by atoms with Crippen molar-refractivity contribution in [2.24, 2.45) is 7.05 Å². The molecule has 1 atom stereocenters. The highest BCUT2D eigenvalue weighted by atomic mass is 79.9. The minimum atomic E-state index is 0.463. The third-order valence-corrected chi connectivity index (χ3v) is 6.74. The maximum Gasteiger partial charge on any atom is 0.215 e. The summed E-state index contributed by atoms with van der Waals surface area (Å²) in [5.41, 5.74) is 2.76. The van der Waals surface area contributed by atoms with E-state index < -0.39 is 0 Å². The maximum atomic E-state index is 11.7. The summed E-state index contributed by atoms with van der Waals surface area (Å²) in [4.78, 5) is 22.5. The molecule has 1 unspecified atom stereocenters. The van der Waals surface area contributed by atoms with Crippen LogP contribution in [-0.2, 0) is 11.8 Å². The zero-order valence-electron chi connectivity index (χ0n) is 19.4. The van der Waals surface area contributed by atoms with Crippen molar-refractivity contribution in [1.29, 1.82) is 0 Å². The van der Waals surface area contributed by atoms with Crippen molar-refractivity contribution in [3.05, 3.63) is 65.3 Å². The number of amides is 1. The number of fused-ring (bicyclic) bond motifs is 1. The number of anilines is 3. The van der Waals surface area contributed by atoms with E-state index >= 15 is 0 Å². The number of halogens is 1. The van der Waals surface area contributed by atoms with Crippen LogP contribution in [-0.4, -0.2) is 40.1 Å². The third-order valence-electron chi connectivity index (χ3n) is 6.21. The lowest BCUT2D eigenvalue weighted by atomic mass is 10.1. The van der Waals surface area contributed by atoms with Crippen molar-refractivity contribution >= 4 is 50.8 Å². The topological polar surface area (TPSA) is 84.3 Å². The van der Waals surface area contributed by atoms with Gasteiger partial charge < -0.3 is 19.9 Å². The molecular weight excluding hydrogens is 508 g/mol. The Kier molecular flexibility index (Phi) is 6.96. The highest BCUT2D eigenvalue weighted by molar-refractivity contribution is 9.10. The number of aryl methyl sites for hydroxylation is 1. The standard InChI is InChI=1S/C26H27BrN6O2/c1-32-24-9-8-21(15-23(24)31-26(32)30-20-6-4-18(27)5-7-20)35-22-10-13-29-25(16-22)33(17-34)14-11-19-3-2-12-28-19/h4-10,13,15-17,19,28H,2-3,11-12,14H2,1H3,(H,30,31). The lowest BCUT2D eigenvalue weighted by Crippen LogP contribution is -2.30. The number of pyridine rings is 1. The summed E-state index contributed by atoms with van der Waals surface area (Å²) in [6.45, 7) is 1.67. The Morgan fingerprint density at radius 1 is 1.20 bits per heavy atom. The van der Waals surface area contributed by atoms with E-state index in [0.29, 0.717) is 29.9 Å². The first-order valence-corrected chi connectivity index (χ1v) is 12.5. The second-order valence-electron chi connectivity index (χ2n) is 8.61. The molecule has 3 heterocycles. The highest BCUT2D eigenvalue weighted by Gasteiger charge is 2.17. The van der Waals surface area contributed by atoms with Crippen LogP contribution < -0.4 is 20.3 Å². The Labute approximate surface area is 212 Å². The summed E-state index contributed by atoms with van der Waals surface area (Å²) in [5.74, 6) is 2.60. The average Bonchev–Trinajstić information content (AvgIpc) is 3.49. The zero-order chi connectivity index (χ0) is 24.2. The van der Waals surface area contributed by atoms with Gasteiger partial charge in [0, 0.05) is 48.1 Å². The Morgan fingerprint density at radius 2 is 2.03 bits per heavy atom. The van der Waals surface area contributed by atoms with Gasteiger partial charge in [-0.05, 0) is 68.3 Å². The molecule has 35 heavy (non-hydrogen) atoms. The number of rotatable bonds is 9. The maximum absolute atomic E-state index is 11.7. The van der Waals surface area contributed by atoms with Crippen LogP contribution in [0, 0.1) is 0 Å². The molecular formula is C26H27BrN6O2. The first-order chi connectivity index (χ1) is 17.1. The molecule has 4 aromatic rings. The molecule has 2 aromatic carbocycles. The van der Waals surface area contributed by atoms with Gasteiger partial charge in [-0.3, -0.25) is 9.69 Å². The largest absolute Gasteiger partial charge is 0.457 e. The molecule has 9 heteroatoms. The van der Waals surface area contributed by atoms with Gasteiger partial charge in [-0.2, -0.15) is 0 Å². The quantitative estimate of drug-likeness (QED) is 0.281. The van der Waals surface area contributed by atoms with Crippen molar-refractivity contribution in [2.75, 3.05) is 23.3 Å². The number of hydrogen-bond acceptors (Lipinski definition) is 6. The van der Waals surface area contributed by atoms with Crippen molar-refractivity contribution < 1.29 is 9.53 Å². The SMILES string of the molecule is Cn1c(Nc2ccc(Br)cc2)nc2cc(Oc3ccnc(N(C=O)CCC4CCCN4)c3)ccc21. The number of carbonyl (C=O) groups excluding carboxylic acids is 1. The molecule has 2 aromatic heterocycles. The van der Waals surface area contributed by atoms with Gasteiger partial charge in [0.25, 0.3) is 0 Å². The van der Waals surface area contributed by atoms with E-state index in [1.54, 1.807) is 23.2 Å². The van der Waals surface area contributed by atoms with Crippen molar-refractivity contribution in [3.63, 3.8) is 0 Å². The highest BCUT2D eigenvalue weighted by Crippen LogP contribution is 2.29. The van der Waals surface area contributed by atoms with Gasteiger partial charge in [0.15, 0.2) is 0 Å². The number of nitrogens with zero attached hydrogens (tertiary/aromatic N) is 4. The second-order valence-corrected chi connectivity index (χ2v) is 9.53. The van der Waals surface area contributed by atoms with Crippen LogP contribution in [0.5, 0.6) is 11.5 Å². The summed E-state index contributed by atoms with van der Waals surface area (Å²) < 4.78 is 9.14. The van der Waals surface area contributed by atoms with Gasteiger partial charge in [0.05, 0.1) is 11.0 Å². The fraction of sp³-hybridized carbons (Fsp3) is 0.269. The van der Waals surface area contributed by atoms with Crippen LogP contribution in [0.2, 0.25) is 0 Å². The van der Waals surface area contributed by atoms with E-state index in [1.807, 2.05) is 54.1 Å². The normalized spacial score (nSPS) is 15.3. The smallest absolute Gasteiger partial charge is 0.215 e. The summed E-state index contributed by atoms with van der Waals surface area (Å²) in [6, 6.07) is 17.8. The van der Waals surface area contributed by atoms with E-state index in [2.05, 4.69) is 31.5 Å². The molecule has 180 valence electrons. The fourth-order valence-electron chi connectivity index (χ4n) is 4.29. The lowest BCUT2D eigenvalue weighted by Gasteiger charge is -2.19. The number of nitrogens with one attached hydrogen (secondary N) is 2. The Hall–Kier alpha value is -3.43. The molecule has 2 N–H and O–H groups in total. The van der Waals surface area contributed by atoms with Crippen LogP contribution in [0.4, 0.5) is 17.5 Å². The zero-order valence-corrected chi connectivity index (χ0v) is 21.0. The molecule has 0 aliphatic carbocycles. The molecule has 0 saturated carbocycles. The van der Waals surface area contributed by atoms with E-state index in [4.69, 9.17) is 9.72 Å². The van der Waals surface area contributed by atoms with Crippen LogP contribution in [0.1, 0.15) is 19.3 Å². The van der Waals surface area contributed by atoms with Gasteiger partial charge >= 0.3 is 0 Å². The van der Waals surface area contributed by atoms with Gasteiger partial charge in [0.2, 0.25) is 12.4 Å². The van der Waals surface area contributed by atoms with Crippen LogP contribution in [0.15, 0.2) is 65.3 Å². The Bertz CT molecular complexity index is 1320. The van der Waals surface area contributed by atoms with Crippen LogP contribution in [0.3, 0.4) is 0 Å². The number of ether oxygens (including phenoxy) is 1. The third kappa shape index (κ3) is 5.47. The number of benzene rings is 2. The van der Waals surface area contributed by atoms with Crippen LogP contribution in [0.25, 0.3) is 11.0 Å². The number of aromatic nitrogens is 3. The van der Waals surface area contributed by atoms with E-state index in [1.165, 1.54) is 6.42 Å². The summed E-state index contributed by atoms with van der Waals surface area (Å²) in [7, 11) is 1.97. The molecule has 0 spiro atoms. The summed E-state index contributed by atoms with van der Waals surface area (Å²) >= 11 is 3.46. The Morgan fingerprint density at radius 3 is 2.80 bits per heavy atom. The first-order valence-electron chi connectivity index (χ1n) is 11.7.